The average Bonchev–Trinajstić information content (AvgIpc) is 2.85. The summed E-state index contributed by atoms with van der Waals surface area (Å²) < 4.78 is 0. The summed E-state index contributed by atoms with van der Waals surface area (Å²) in [5.41, 5.74) is 3.75. The van der Waals surface area contributed by atoms with Crippen LogP contribution in [-0.4, -0.2) is 40.6 Å². The molecule has 1 aromatic carbocycles. The van der Waals surface area contributed by atoms with Gasteiger partial charge in [-0.05, 0) is 31.5 Å². The quantitative estimate of drug-likeness (QED) is 0.873. The molecule has 2 heterocycles. The summed E-state index contributed by atoms with van der Waals surface area (Å²) >= 11 is 0. The molecule has 1 aliphatic heterocycles. The number of nitrogens with one attached hydrogen (secondary N) is 1. The molecule has 21 heavy (non-hydrogen) atoms. The summed E-state index contributed by atoms with van der Waals surface area (Å²) in [6.45, 7) is 5.41. The number of benzene rings is 1. The molecule has 1 aromatic heterocycles. The van der Waals surface area contributed by atoms with Gasteiger partial charge in [0.25, 0.3) is 5.91 Å². The first kappa shape index (κ1) is 13.7. The van der Waals surface area contributed by atoms with Gasteiger partial charge in [-0.25, -0.2) is 0 Å². The number of carbonyl (C=O) groups is 1. The molecule has 2 aromatic rings. The fourth-order valence-corrected chi connectivity index (χ4v) is 2.90. The first-order valence-corrected chi connectivity index (χ1v) is 7.18. The lowest BCUT2D eigenvalue weighted by Gasteiger charge is -2.27. The van der Waals surface area contributed by atoms with Crippen molar-refractivity contribution in [1.82, 2.24) is 15.1 Å². The Morgan fingerprint density at radius 1 is 1.38 bits per heavy atom. The second-order valence-corrected chi connectivity index (χ2v) is 5.73. The normalized spacial score (nSPS) is 18.3. The molecule has 5 heteroatoms. The van der Waals surface area contributed by atoms with E-state index in [2.05, 4.69) is 41.2 Å². The van der Waals surface area contributed by atoms with E-state index in [1.807, 2.05) is 24.0 Å². The molecule has 110 valence electrons. The van der Waals surface area contributed by atoms with Crippen LogP contribution in [0.1, 0.15) is 28.7 Å². The Kier molecular flexibility index (Phi) is 3.41. The van der Waals surface area contributed by atoms with Gasteiger partial charge in [-0.3, -0.25) is 9.89 Å². The highest BCUT2D eigenvalue weighted by atomic mass is 16.2. The molecule has 0 saturated heterocycles. The minimum atomic E-state index is -0.0167. The predicted molar refractivity (Wildman–Crippen MR) is 82.4 cm³/mol. The Labute approximate surface area is 124 Å². The smallest absolute Gasteiger partial charge is 0.274 e. The second kappa shape index (κ2) is 5.24. The van der Waals surface area contributed by atoms with Crippen molar-refractivity contribution in [2.75, 3.05) is 18.5 Å². The number of amides is 1. The van der Waals surface area contributed by atoms with Crippen molar-refractivity contribution >= 4 is 11.6 Å². The van der Waals surface area contributed by atoms with Crippen molar-refractivity contribution < 1.29 is 4.79 Å². The SMILES string of the molecule is Cc1cc(C(=O)N2Cc3ccccc3N(C)CC2C)n[nH]1. The highest BCUT2D eigenvalue weighted by Crippen LogP contribution is 2.26. The van der Waals surface area contributed by atoms with Crippen LogP contribution in [0.5, 0.6) is 0 Å². The minimum absolute atomic E-state index is 0.0167. The summed E-state index contributed by atoms with van der Waals surface area (Å²) in [4.78, 5) is 16.8. The Morgan fingerprint density at radius 3 is 2.86 bits per heavy atom. The number of aromatic nitrogens is 2. The highest BCUT2D eigenvalue weighted by Gasteiger charge is 2.28. The second-order valence-electron chi connectivity index (χ2n) is 5.73. The number of aromatic amines is 1. The maximum Gasteiger partial charge on any atom is 0.274 e. The summed E-state index contributed by atoms with van der Waals surface area (Å²) in [7, 11) is 2.07. The summed E-state index contributed by atoms with van der Waals surface area (Å²) in [5, 5.41) is 6.94. The highest BCUT2D eigenvalue weighted by molar-refractivity contribution is 5.92. The zero-order valence-electron chi connectivity index (χ0n) is 12.6. The minimum Gasteiger partial charge on any atom is -0.372 e. The monoisotopic (exact) mass is 284 g/mol. The Balaban J connectivity index is 1.94. The summed E-state index contributed by atoms with van der Waals surface area (Å²) in [6, 6.07) is 10.2. The van der Waals surface area contributed by atoms with Crippen LogP contribution in [0, 0.1) is 6.92 Å². The van der Waals surface area contributed by atoms with Crippen LogP contribution in [0.15, 0.2) is 30.3 Å². The van der Waals surface area contributed by atoms with Crippen LogP contribution in [-0.2, 0) is 6.54 Å². The summed E-state index contributed by atoms with van der Waals surface area (Å²) in [6.07, 6.45) is 0. The maximum absolute atomic E-state index is 12.7. The number of nitrogens with zero attached hydrogens (tertiary/aromatic N) is 3. The third-order valence-corrected chi connectivity index (χ3v) is 4.00. The molecule has 1 amide bonds. The molecule has 0 spiro atoms. The van der Waals surface area contributed by atoms with Gasteiger partial charge in [-0.2, -0.15) is 5.10 Å². The maximum atomic E-state index is 12.7. The van der Waals surface area contributed by atoms with Gasteiger partial charge < -0.3 is 9.80 Å². The van der Waals surface area contributed by atoms with Gasteiger partial charge in [0.05, 0.1) is 0 Å². The van der Waals surface area contributed by atoms with E-state index in [1.54, 1.807) is 6.07 Å². The van der Waals surface area contributed by atoms with E-state index in [4.69, 9.17) is 0 Å². The van der Waals surface area contributed by atoms with E-state index in [9.17, 15) is 4.79 Å². The lowest BCUT2D eigenvalue weighted by Crippen LogP contribution is -2.42. The van der Waals surface area contributed by atoms with Crippen molar-refractivity contribution in [2.24, 2.45) is 0 Å². The number of H-pyrrole nitrogens is 1. The molecule has 3 rings (SSSR count). The Hall–Kier alpha value is -2.30. The molecule has 5 nitrogen and oxygen atoms in total. The third kappa shape index (κ3) is 2.51. The number of likely N-dealkylation sites (N-methyl/N-ethyl adjacent to an activating group) is 1. The average molecular weight is 284 g/mol. The molecule has 0 fully saturated rings. The van der Waals surface area contributed by atoms with E-state index in [0.29, 0.717) is 12.2 Å². The molecule has 1 aliphatic rings. The van der Waals surface area contributed by atoms with Gasteiger partial charge in [0, 0.05) is 37.6 Å². The van der Waals surface area contributed by atoms with Gasteiger partial charge in [-0.1, -0.05) is 18.2 Å². The largest absolute Gasteiger partial charge is 0.372 e. The number of rotatable bonds is 1. The van der Waals surface area contributed by atoms with Crippen molar-refractivity contribution in [2.45, 2.75) is 26.4 Å². The number of hydrogen-bond acceptors (Lipinski definition) is 3. The van der Waals surface area contributed by atoms with Crippen molar-refractivity contribution in [1.29, 1.82) is 0 Å². The first-order chi connectivity index (χ1) is 10.1. The molecule has 1 N–H and O–H groups in total. The molecule has 0 aliphatic carbocycles. The van der Waals surface area contributed by atoms with Gasteiger partial charge >= 0.3 is 0 Å². The summed E-state index contributed by atoms with van der Waals surface area (Å²) in [5.74, 6) is -0.0167. The number of para-hydroxylation sites is 1. The van der Waals surface area contributed by atoms with Gasteiger partial charge in [0.1, 0.15) is 5.69 Å². The van der Waals surface area contributed by atoms with Crippen LogP contribution in [0.4, 0.5) is 5.69 Å². The molecule has 0 bridgehead atoms. The molecule has 0 saturated carbocycles. The van der Waals surface area contributed by atoms with Crippen molar-refractivity contribution in [3.8, 4) is 0 Å². The fraction of sp³-hybridized carbons (Fsp3) is 0.375. The third-order valence-electron chi connectivity index (χ3n) is 4.00. The van der Waals surface area contributed by atoms with E-state index < -0.39 is 0 Å². The topological polar surface area (TPSA) is 52.2 Å². The Bertz CT molecular complexity index is 664. The Morgan fingerprint density at radius 2 is 2.14 bits per heavy atom. The lowest BCUT2D eigenvalue weighted by atomic mass is 10.1. The molecule has 0 radical (unpaired) electrons. The number of carbonyl (C=O) groups excluding carboxylic acids is 1. The van der Waals surface area contributed by atoms with E-state index in [1.165, 1.54) is 11.3 Å². The zero-order chi connectivity index (χ0) is 15.0. The van der Waals surface area contributed by atoms with E-state index in [0.717, 1.165) is 12.2 Å². The van der Waals surface area contributed by atoms with Gasteiger partial charge in [-0.15, -0.1) is 0 Å². The number of anilines is 1. The van der Waals surface area contributed by atoms with Crippen LogP contribution >= 0.6 is 0 Å². The van der Waals surface area contributed by atoms with Gasteiger partial charge in [0.2, 0.25) is 0 Å². The van der Waals surface area contributed by atoms with Crippen molar-refractivity contribution in [3.05, 3.63) is 47.3 Å². The van der Waals surface area contributed by atoms with Crippen LogP contribution in [0.25, 0.3) is 0 Å². The van der Waals surface area contributed by atoms with E-state index >= 15 is 0 Å². The van der Waals surface area contributed by atoms with Crippen molar-refractivity contribution in [3.63, 3.8) is 0 Å². The van der Waals surface area contributed by atoms with E-state index in [-0.39, 0.29) is 11.9 Å². The number of aryl methyl sites for hydroxylation is 1. The van der Waals surface area contributed by atoms with Crippen LogP contribution in [0.3, 0.4) is 0 Å². The number of fused-ring (bicyclic) bond motifs is 1. The van der Waals surface area contributed by atoms with Crippen LogP contribution in [0.2, 0.25) is 0 Å². The standard InChI is InChI=1S/C16H20N4O/c1-11-8-14(18-17-11)16(21)20-10-13-6-4-5-7-15(13)19(3)9-12(20)2/h4-8,12H,9-10H2,1-3H3,(H,17,18). The molecular weight excluding hydrogens is 264 g/mol. The zero-order valence-corrected chi connectivity index (χ0v) is 12.6. The first-order valence-electron chi connectivity index (χ1n) is 7.18. The molecular formula is C16H20N4O. The number of hydrogen-bond donors (Lipinski definition) is 1. The molecule has 1 unspecified atom stereocenters. The fourth-order valence-electron chi connectivity index (χ4n) is 2.90. The molecule has 1 atom stereocenters. The van der Waals surface area contributed by atoms with Gasteiger partial charge in [0.15, 0.2) is 0 Å². The predicted octanol–water partition coefficient (Wildman–Crippen LogP) is 2.20. The van der Waals surface area contributed by atoms with Crippen LogP contribution < -0.4 is 4.90 Å². The lowest BCUT2D eigenvalue weighted by molar-refractivity contribution is 0.0681.